The maximum atomic E-state index is 13.8. The molecule has 0 saturated heterocycles. The van der Waals surface area contributed by atoms with Gasteiger partial charge in [0.05, 0.1) is 18.4 Å². The Morgan fingerprint density at radius 2 is 1.76 bits per heavy atom. The van der Waals surface area contributed by atoms with Crippen LogP contribution in [-0.4, -0.2) is 19.6 Å². The van der Waals surface area contributed by atoms with E-state index < -0.39 is 17.6 Å². The van der Waals surface area contributed by atoms with Gasteiger partial charge in [0.1, 0.15) is 0 Å². The van der Waals surface area contributed by atoms with Crippen LogP contribution in [0.5, 0.6) is 0 Å². The van der Waals surface area contributed by atoms with Gasteiger partial charge in [0.15, 0.2) is 11.6 Å². The van der Waals surface area contributed by atoms with Crippen LogP contribution in [0.25, 0.3) is 0 Å². The Kier molecular flexibility index (Phi) is 7.72. The summed E-state index contributed by atoms with van der Waals surface area (Å²) >= 11 is 0. The van der Waals surface area contributed by atoms with E-state index in [1.807, 2.05) is 0 Å². The molecule has 0 atom stereocenters. The molecule has 0 aliphatic heterocycles. The molecule has 118 valence electrons. The highest BCUT2D eigenvalue weighted by atomic mass is 19.2. The Bertz CT molecular complexity index is 464. The van der Waals surface area contributed by atoms with Crippen LogP contribution in [0.2, 0.25) is 0 Å². The predicted octanol–water partition coefficient (Wildman–Crippen LogP) is 4.52. The van der Waals surface area contributed by atoms with Crippen LogP contribution in [0.1, 0.15) is 55.8 Å². The van der Waals surface area contributed by atoms with Gasteiger partial charge in [0.2, 0.25) is 0 Å². The molecule has 1 aromatic carbocycles. The van der Waals surface area contributed by atoms with Crippen molar-refractivity contribution in [2.45, 2.75) is 45.4 Å². The van der Waals surface area contributed by atoms with E-state index in [1.165, 1.54) is 31.4 Å². The Balaban J connectivity index is 2.46. The molecule has 1 rings (SSSR count). The third-order valence-corrected chi connectivity index (χ3v) is 3.33. The monoisotopic (exact) mass is 299 g/mol. The second-order valence-electron chi connectivity index (χ2n) is 4.97. The molecular formula is C16H23F2NO2. The summed E-state index contributed by atoms with van der Waals surface area (Å²) in [6.07, 6.45) is 6.79. The van der Waals surface area contributed by atoms with Gasteiger partial charge >= 0.3 is 5.97 Å². The van der Waals surface area contributed by atoms with E-state index in [4.69, 9.17) is 0 Å². The van der Waals surface area contributed by atoms with E-state index in [0.29, 0.717) is 6.54 Å². The minimum Gasteiger partial charge on any atom is -0.465 e. The van der Waals surface area contributed by atoms with Crippen LogP contribution in [0.3, 0.4) is 0 Å². The van der Waals surface area contributed by atoms with Crippen molar-refractivity contribution in [2.75, 3.05) is 19.0 Å². The van der Waals surface area contributed by atoms with Crippen molar-refractivity contribution in [1.29, 1.82) is 0 Å². The van der Waals surface area contributed by atoms with E-state index in [9.17, 15) is 13.6 Å². The Morgan fingerprint density at radius 3 is 2.43 bits per heavy atom. The zero-order valence-electron chi connectivity index (χ0n) is 12.7. The van der Waals surface area contributed by atoms with Gasteiger partial charge in [0, 0.05) is 6.54 Å². The minimum atomic E-state index is -1.17. The maximum absolute atomic E-state index is 13.8. The molecule has 0 aromatic heterocycles. The lowest BCUT2D eigenvalue weighted by molar-refractivity contribution is 0.0594. The van der Waals surface area contributed by atoms with Gasteiger partial charge in [-0.3, -0.25) is 0 Å². The smallest absolute Gasteiger partial charge is 0.340 e. The standard InChI is InChI=1S/C16H23F2NO2/c1-3-4-5-6-7-8-11-19-13-10-9-12(16(20)21-2)14(17)15(13)18/h9-10,19H,3-8,11H2,1-2H3. The number of anilines is 1. The second-order valence-corrected chi connectivity index (χ2v) is 4.97. The van der Waals surface area contributed by atoms with Crippen molar-refractivity contribution in [1.82, 2.24) is 0 Å². The third-order valence-electron chi connectivity index (χ3n) is 3.33. The Hall–Kier alpha value is -1.65. The molecule has 0 aliphatic rings. The number of ether oxygens (including phenoxy) is 1. The first kappa shape index (κ1) is 17.4. The van der Waals surface area contributed by atoms with Gasteiger partial charge in [-0.15, -0.1) is 0 Å². The third kappa shape index (κ3) is 5.33. The van der Waals surface area contributed by atoms with Crippen LogP contribution >= 0.6 is 0 Å². The van der Waals surface area contributed by atoms with E-state index in [-0.39, 0.29) is 11.3 Å². The molecule has 0 unspecified atom stereocenters. The highest BCUT2D eigenvalue weighted by Gasteiger charge is 2.18. The van der Waals surface area contributed by atoms with E-state index in [1.54, 1.807) is 0 Å². The summed E-state index contributed by atoms with van der Waals surface area (Å²) < 4.78 is 31.9. The van der Waals surface area contributed by atoms with Crippen molar-refractivity contribution in [2.24, 2.45) is 0 Å². The molecule has 5 heteroatoms. The number of unbranched alkanes of at least 4 members (excludes halogenated alkanes) is 5. The molecule has 0 heterocycles. The van der Waals surface area contributed by atoms with E-state index in [2.05, 4.69) is 17.0 Å². The number of carbonyl (C=O) groups is 1. The molecule has 0 saturated carbocycles. The highest BCUT2D eigenvalue weighted by Crippen LogP contribution is 2.21. The number of carbonyl (C=O) groups excluding carboxylic acids is 1. The van der Waals surface area contributed by atoms with Crippen molar-refractivity contribution in [3.05, 3.63) is 29.3 Å². The molecule has 3 nitrogen and oxygen atoms in total. The normalized spacial score (nSPS) is 10.5. The van der Waals surface area contributed by atoms with Crippen molar-refractivity contribution in [3.63, 3.8) is 0 Å². The lowest BCUT2D eigenvalue weighted by atomic mass is 10.1. The first-order chi connectivity index (χ1) is 10.1. The summed E-state index contributed by atoms with van der Waals surface area (Å²) in [4.78, 5) is 11.2. The molecule has 0 bridgehead atoms. The summed E-state index contributed by atoms with van der Waals surface area (Å²) in [7, 11) is 1.13. The SMILES string of the molecule is CCCCCCCCNc1ccc(C(=O)OC)c(F)c1F. The first-order valence-corrected chi connectivity index (χ1v) is 7.42. The topological polar surface area (TPSA) is 38.3 Å². The van der Waals surface area contributed by atoms with Crippen molar-refractivity contribution >= 4 is 11.7 Å². The molecule has 1 N–H and O–H groups in total. The largest absolute Gasteiger partial charge is 0.465 e. The maximum Gasteiger partial charge on any atom is 0.340 e. The number of rotatable bonds is 9. The first-order valence-electron chi connectivity index (χ1n) is 7.42. The van der Waals surface area contributed by atoms with Crippen LogP contribution in [0.15, 0.2) is 12.1 Å². The van der Waals surface area contributed by atoms with Crippen LogP contribution in [0.4, 0.5) is 14.5 Å². The van der Waals surface area contributed by atoms with Gasteiger partial charge in [-0.25, -0.2) is 13.6 Å². The number of benzene rings is 1. The molecule has 0 spiro atoms. The zero-order valence-corrected chi connectivity index (χ0v) is 12.7. The molecule has 1 aromatic rings. The average molecular weight is 299 g/mol. The lowest BCUT2D eigenvalue weighted by Crippen LogP contribution is -2.10. The molecular weight excluding hydrogens is 276 g/mol. The molecule has 0 amide bonds. The summed E-state index contributed by atoms with van der Waals surface area (Å²) in [5, 5.41) is 2.86. The number of esters is 1. The fourth-order valence-corrected chi connectivity index (χ4v) is 2.08. The minimum absolute atomic E-state index is 0.0775. The van der Waals surface area contributed by atoms with E-state index in [0.717, 1.165) is 26.4 Å². The number of hydrogen-bond acceptors (Lipinski definition) is 3. The van der Waals surface area contributed by atoms with Gasteiger partial charge < -0.3 is 10.1 Å². The fraction of sp³-hybridized carbons (Fsp3) is 0.562. The number of hydrogen-bond donors (Lipinski definition) is 1. The Labute approximate surface area is 124 Å². The molecule has 0 fully saturated rings. The molecule has 0 aliphatic carbocycles. The quantitative estimate of drug-likeness (QED) is 0.538. The van der Waals surface area contributed by atoms with Crippen molar-refractivity contribution < 1.29 is 18.3 Å². The summed E-state index contributed by atoms with van der Waals surface area (Å²) in [5.74, 6) is -3.09. The number of nitrogens with one attached hydrogen (secondary N) is 1. The molecule has 0 radical (unpaired) electrons. The summed E-state index contributed by atoms with van der Waals surface area (Å²) in [6, 6.07) is 2.59. The summed E-state index contributed by atoms with van der Waals surface area (Å²) in [6.45, 7) is 2.75. The zero-order chi connectivity index (χ0) is 15.7. The van der Waals surface area contributed by atoms with Crippen LogP contribution < -0.4 is 5.32 Å². The van der Waals surface area contributed by atoms with Gasteiger partial charge in [0.25, 0.3) is 0 Å². The van der Waals surface area contributed by atoms with Crippen LogP contribution in [0, 0.1) is 11.6 Å². The lowest BCUT2D eigenvalue weighted by Gasteiger charge is -2.10. The van der Waals surface area contributed by atoms with Crippen molar-refractivity contribution in [3.8, 4) is 0 Å². The summed E-state index contributed by atoms with van der Waals surface area (Å²) in [5.41, 5.74) is -0.311. The predicted molar refractivity (Wildman–Crippen MR) is 79.6 cm³/mol. The molecule has 21 heavy (non-hydrogen) atoms. The van der Waals surface area contributed by atoms with Gasteiger partial charge in [-0.05, 0) is 18.6 Å². The average Bonchev–Trinajstić information content (AvgIpc) is 2.49. The van der Waals surface area contributed by atoms with Crippen LogP contribution in [-0.2, 0) is 4.74 Å². The van der Waals surface area contributed by atoms with E-state index >= 15 is 0 Å². The van der Waals surface area contributed by atoms with Gasteiger partial charge in [-0.1, -0.05) is 39.0 Å². The Morgan fingerprint density at radius 1 is 1.10 bits per heavy atom. The fourth-order valence-electron chi connectivity index (χ4n) is 2.08. The number of halogens is 2. The number of methoxy groups -OCH3 is 1. The highest BCUT2D eigenvalue weighted by molar-refractivity contribution is 5.90. The second kappa shape index (κ2) is 9.32. The van der Waals surface area contributed by atoms with Gasteiger partial charge in [-0.2, -0.15) is 0 Å².